The van der Waals surface area contributed by atoms with Crippen molar-refractivity contribution < 1.29 is 4.74 Å². The Kier molecular flexibility index (Phi) is 5.29. The van der Waals surface area contributed by atoms with Crippen molar-refractivity contribution in [2.75, 3.05) is 25.5 Å². The van der Waals surface area contributed by atoms with Crippen LogP contribution in [0.4, 0.5) is 0 Å². The first-order chi connectivity index (χ1) is 6.33. The maximum Gasteiger partial charge on any atom is 0.170 e. The SMILES string of the molecule is Cc1nsc(SCCOCCN)n1. The summed E-state index contributed by atoms with van der Waals surface area (Å²) < 4.78 is 10.3. The lowest BCUT2D eigenvalue weighted by Gasteiger charge is -1.99. The number of ether oxygens (including phenoxy) is 1. The molecule has 0 amide bonds. The van der Waals surface area contributed by atoms with Crippen molar-refractivity contribution in [3.05, 3.63) is 5.82 Å². The number of nitrogens with two attached hydrogens (primary N) is 1. The summed E-state index contributed by atoms with van der Waals surface area (Å²) in [6.45, 7) is 3.84. The largest absolute Gasteiger partial charge is 0.379 e. The van der Waals surface area contributed by atoms with Crippen LogP contribution in [0.2, 0.25) is 0 Å². The minimum atomic E-state index is 0.586. The number of aromatic nitrogens is 2. The van der Waals surface area contributed by atoms with Crippen LogP contribution in [0.1, 0.15) is 5.82 Å². The highest BCUT2D eigenvalue weighted by Crippen LogP contribution is 2.19. The number of thioether (sulfide) groups is 1. The van der Waals surface area contributed by atoms with Gasteiger partial charge in [0.25, 0.3) is 0 Å². The van der Waals surface area contributed by atoms with Crippen LogP contribution in [0.3, 0.4) is 0 Å². The first-order valence-electron chi connectivity index (χ1n) is 4.04. The Bertz CT molecular complexity index is 241. The minimum absolute atomic E-state index is 0.586. The van der Waals surface area contributed by atoms with Crippen molar-refractivity contribution in [2.45, 2.75) is 11.3 Å². The van der Waals surface area contributed by atoms with Crippen LogP contribution in [-0.2, 0) is 4.74 Å². The summed E-state index contributed by atoms with van der Waals surface area (Å²) in [4.78, 5) is 4.22. The van der Waals surface area contributed by atoms with E-state index in [-0.39, 0.29) is 0 Å². The molecule has 6 heteroatoms. The lowest BCUT2D eigenvalue weighted by Crippen LogP contribution is -2.09. The van der Waals surface area contributed by atoms with Gasteiger partial charge in [0.15, 0.2) is 4.34 Å². The fourth-order valence-electron chi connectivity index (χ4n) is 0.710. The number of rotatable bonds is 6. The topological polar surface area (TPSA) is 61.0 Å². The molecule has 1 aromatic rings. The fraction of sp³-hybridized carbons (Fsp3) is 0.714. The maximum atomic E-state index is 5.27. The van der Waals surface area contributed by atoms with E-state index < -0.39 is 0 Å². The predicted molar refractivity (Wildman–Crippen MR) is 55.2 cm³/mol. The van der Waals surface area contributed by atoms with Crippen LogP contribution in [0.5, 0.6) is 0 Å². The molecule has 0 saturated carbocycles. The molecule has 1 rings (SSSR count). The second-order valence-corrected chi connectivity index (χ2v) is 4.45. The van der Waals surface area contributed by atoms with E-state index in [0.717, 1.165) is 22.5 Å². The lowest BCUT2D eigenvalue weighted by atomic mass is 10.7. The predicted octanol–water partition coefficient (Wildman–Crippen LogP) is 0.914. The molecule has 74 valence electrons. The zero-order chi connectivity index (χ0) is 9.52. The molecule has 0 aliphatic rings. The van der Waals surface area contributed by atoms with E-state index in [1.165, 1.54) is 11.5 Å². The quantitative estimate of drug-likeness (QED) is 0.569. The zero-order valence-electron chi connectivity index (χ0n) is 7.52. The van der Waals surface area contributed by atoms with Crippen LogP contribution >= 0.6 is 23.3 Å². The monoisotopic (exact) mass is 219 g/mol. The van der Waals surface area contributed by atoms with Crippen LogP contribution < -0.4 is 5.73 Å². The van der Waals surface area contributed by atoms with E-state index in [9.17, 15) is 0 Å². The molecule has 1 heterocycles. The second kappa shape index (κ2) is 6.31. The summed E-state index contributed by atoms with van der Waals surface area (Å²) in [6.07, 6.45) is 0. The average Bonchev–Trinajstić information content (AvgIpc) is 2.51. The Morgan fingerprint density at radius 1 is 1.54 bits per heavy atom. The van der Waals surface area contributed by atoms with Gasteiger partial charge in [-0.1, -0.05) is 11.8 Å². The van der Waals surface area contributed by atoms with Gasteiger partial charge in [0.2, 0.25) is 0 Å². The molecule has 0 aliphatic carbocycles. The third-order valence-corrected chi connectivity index (χ3v) is 3.11. The van der Waals surface area contributed by atoms with Crippen molar-refractivity contribution in [1.29, 1.82) is 0 Å². The summed E-state index contributed by atoms with van der Waals surface area (Å²) in [5.41, 5.74) is 5.27. The second-order valence-electron chi connectivity index (χ2n) is 2.36. The Balaban J connectivity index is 2.06. The van der Waals surface area contributed by atoms with E-state index in [1.54, 1.807) is 11.8 Å². The van der Waals surface area contributed by atoms with Crippen LogP contribution in [-0.4, -0.2) is 34.9 Å². The normalized spacial score (nSPS) is 10.6. The Labute approximate surface area is 86.1 Å². The first-order valence-corrected chi connectivity index (χ1v) is 5.79. The molecule has 0 radical (unpaired) electrons. The summed E-state index contributed by atoms with van der Waals surface area (Å²) in [5.74, 6) is 1.75. The van der Waals surface area contributed by atoms with Crippen molar-refractivity contribution in [2.24, 2.45) is 5.73 Å². The zero-order valence-corrected chi connectivity index (χ0v) is 9.16. The highest BCUT2D eigenvalue weighted by molar-refractivity contribution is 8.00. The molecule has 1 aromatic heterocycles. The first kappa shape index (κ1) is 10.9. The third kappa shape index (κ3) is 4.56. The van der Waals surface area contributed by atoms with Crippen molar-refractivity contribution in [3.8, 4) is 0 Å². The molecular formula is C7H13N3OS2. The van der Waals surface area contributed by atoms with Crippen LogP contribution in [0.15, 0.2) is 4.34 Å². The summed E-state index contributed by atoms with van der Waals surface area (Å²) in [6, 6.07) is 0. The van der Waals surface area contributed by atoms with Gasteiger partial charge in [0, 0.05) is 12.3 Å². The van der Waals surface area contributed by atoms with Crippen LogP contribution in [0.25, 0.3) is 0 Å². The van der Waals surface area contributed by atoms with Gasteiger partial charge >= 0.3 is 0 Å². The molecule has 0 atom stereocenters. The summed E-state index contributed by atoms with van der Waals surface area (Å²) in [7, 11) is 0. The van der Waals surface area contributed by atoms with Gasteiger partial charge < -0.3 is 10.5 Å². The van der Waals surface area contributed by atoms with Gasteiger partial charge in [-0.15, -0.1) is 0 Å². The highest BCUT2D eigenvalue weighted by atomic mass is 32.2. The minimum Gasteiger partial charge on any atom is -0.379 e. The van der Waals surface area contributed by atoms with Crippen molar-refractivity contribution >= 4 is 23.3 Å². The van der Waals surface area contributed by atoms with Gasteiger partial charge in [-0.05, 0) is 18.5 Å². The molecule has 0 bridgehead atoms. The Hall–Kier alpha value is -0.170. The van der Waals surface area contributed by atoms with E-state index in [4.69, 9.17) is 10.5 Å². The van der Waals surface area contributed by atoms with E-state index in [0.29, 0.717) is 13.2 Å². The van der Waals surface area contributed by atoms with E-state index in [2.05, 4.69) is 9.36 Å². The maximum absolute atomic E-state index is 5.27. The van der Waals surface area contributed by atoms with Gasteiger partial charge in [0.1, 0.15) is 5.82 Å². The van der Waals surface area contributed by atoms with E-state index >= 15 is 0 Å². The fourth-order valence-corrected chi connectivity index (χ4v) is 2.28. The third-order valence-electron chi connectivity index (χ3n) is 1.22. The van der Waals surface area contributed by atoms with Gasteiger partial charge in [0.05, 0.1) is 13.2 Å². The molecule has 13 heavy (non-hydrogen) atoms. The van der Waals surface area contributed by atoms with Crippen molar-refractivity contribution in [1.82, 2.24) is 9.36 Å². The smallest absolute Gasteiger partial charge is 0.170 e. The molecule has 2 N–H and O–H groups in total. The average molecular weight is 219 g/mol. The lowest BCUT2D eigenvalue weighted by molar-refractivity contribution is 0.158. The number of hydrogen-bond acceptors (Lipinski definition) is 6. The number of nitrogens with zero attached hydrogens (tertiary/aromatic N) is 2. The van der Waals surface area contributed by atoms with Gasteiger partial charge in [-0.2, -0.15) is 4.37 Å². The standard InChI is InChI=1S/C7H13N3OS2/c1-6-9-7(13-10-6)12-5-4-11-3-2-8/h2-5,8H2,1H3. The molecule has 0 unspecified atom stereocenters. The molecular weight excluding hydrogens is 206 g/mol. The molecule has 0 saturated heterocycles. The number of aryl methyl sites for hydroxylation is 1. The molecule has 0 spiro atoms. The van der Waals surface area contributed by atoms with Gasteiger partial charge in [-0.3, -0.25) is 0 Å². The summed E-state index contributed by atoms with van der Waals surface area (Å²) >= 11 is 3.11. The number of hydrogen-bond donors (Lipinski definition) is 1. The summed E-state index contributed by atoms with van der Waals surface area (Å²) in [5, 5.41) is 0. The van der Waals surface area contributed by atoms with Crippen LogP contribution in [0, 0.1) is 6.92 Å². The highest BCUT2D eigenvalue weighted by Gasteiger charge is 1.99. The van der Waals surface area contributed by atoms with E-state index in [1.807, 2.05) is 6.92 Å². The van der Waals surface area contributed by atoms with Gasteiger partial charge in [-0.25, -0.2) is 4.98 Å². The van der Waals surface area contributed by atoms with Crippen molar-refractivity contribution in [3.63, 3.8) is 0 Å². The Morgan fingerprint density at radius 3 is 3.00 bits per heavy atom. The Morgan fingerprint density at radius 2 is 2.38 bits per heavy atom. The molecule has 0 aromatic carbocycles. The molecule has 4 nitrogen and oxygen atoms in total. The molecule has 0 aliphatic heterocycles. The molecule has 0 fully saturated rings.